The predicted octanol–water partition coefficient (Wildman–Crippen LogP) is 1.19. The Morgan fingerprint density at radius 2 is 1.50 bits per heavy atom. The topological polar surface area (TPSA) is 3.24 Å². The first-order chi connectivity index (χ1) is 2.81. The third kappa shape index (κ3) is 10.1. The minimum Gasteiger partial charge on any atom is -0.358 e. The van der Waals surface area contributed by atoms with Gasteiger partial charge >= 0.3 is 0 Å². The van der Waals surface area contributed by atoms with Crippen molar-refractivity contribution in [2.75, 3.05) is 13.1 Å². The van der Waals surface area contributed by atoms with Crippen molar-refractivity contribution in [3.8, 4) is 0 Å². The first-order valence-corrected chi connectivity index (χ1v) is 2.41. The van der Waals surface area contributed by atoms with Crippen molar-refractivity contribution in [3.05, 3.63) is 21.3 Å². The zero-order valence-electron chi connectivity index (χ0n) is 5.26. The molecule has 1 atom stereocenters. The largest absolute Gasteiger partial charge is 0.358 e. The van der Waals surface area contributed by atoms with Gasteiger partial charge < -0.3 is 25.9 Å². The Kier molecular flexibility index (Phi) is 22.0. The summed E-state index contributed by atoms with van der Waals surface area (Å²) in [7, 11) is 2.52. The van der Waals surface area contributed by atoms with Crippen LogP contribution in [0.1, 0.15) is 0 Å². The van der Waals surface area contributed by atoms with Gasteiger partial charge in [0.2, 0.25) is 0 Å². The Morgan fingerprint density at radius 3 is 1.50 bits per heavy atom. The van der Waals surface area contributed by atoms with Crippen molar-refractivity contribution >= 4 is 9.39 Å². The van der Waals surface area contributed by atoms with Crippen molar-refractivity contribution in [2.24, 2.45) is 0 Å². The zero-order valence-corrected chi connectivity index (χ0v) is 9.35. The summed E-state index contributed by atoms with van der Waals surface area (Å²) in [5, 5.41) is 0. The second-order valence-corrected chi connectivity index (χ2v) is 1.77. The number of nitrogens with zero attached hydrogens (tertiary/aromatic N) is 1. The Labute approximate surface area is 69.7 Å². The minimum absolute atomic E-state index is 0. The number of hydrogen-bond donors (Lipinski definition) is 0. The normalized spacial score (nSPS) is 7.50. The van der Waals surface area contributed by atoms with Crippen LogP contribution in [0.2, 0.25) is 0 Å². The average molecular weight is 302 g/mol. The molecule has 8 heavy (non-hydrogen) atoms. The van der Waals surface area contributed by atoms with Crippen molar-refractivity contribution in [3.63, 3.8) is 0 Å². The predicted molar refractivity (Wildman–Crippen MR) is 38.4 cm³/mol. The Bertz CT molecular complexity index is 31.6. The molecule has 0 aromatic rings. The van der Waals surface area contributed by atoms with E-state index in [0.717, 1.165) is 13.1 Å². The molecule has 0 bridgehead atoms. The third-order valence-corrected chi connectivity index (χ3v) is 1.09. The Balaban J connectivity index is -0.000000125. The van der Waals surface area contributed by atoms with Crippen LogP contribution >= 0.6 is 9.39 Å². The van der Waals surface area contributed by atoms with Gasteiger partial charge in [0.1, 0.15) is 0 Å². The summed E-state index contributed by atoms with van der Waals surface area (Å²) in [5.41, 5.74) is 0. The van der Waals surface area contributed by atoms with Crippen LogP contribution in [0, 0.1) is 21.3 Å². The molecule has 0 N–H and O–H groups in total. The maximum Gasteiger partial charge on any atom is 0 e. The Morgan fingerprint density at radius 1 is 1.25 bits per heavy atom. The molecule has 3 heteroatoms. The van der Waals surface area contributed by atoms with E-state index in [2.05, 4.69) is 23.2 Å². The first kappa shape index (κ1) is 16.0. The fourth-order valence-electron chi connectivity index (χ4n) is 0.112. The average Bonchev–Trinajstić information content (AvgIpc) is 1.65. The summed E-state index contributed by atoms with van der Waals surface area (Å²) in [4.78, 5) is 0. The molecule has 0 amide bonds. The molecule has 1 nitrogen and oxygen atoms in total. The van der Waals surface area contributed by atoms with E-state index in [1.165, 1.54) is 0 Å². The van der Waals surface area contributed by atoms with Gasteiger partial charge in [-0.15, -0.1) is 13.1 Å². The summed E-state index contributed by atoms with van der Waals surface area (Å²) in [6.45, 7) is 8.87. The molecular formula is C5H13NPW-3. The van der Waals surface area contributed by atoms with E-state index in [0.29, 0.717) is 0 Å². The van der Waals surface area contributed by atoms with Crippen molar-refractivity contribution < 1.29 is 21.1 Å². The van der Waals surface area contributed by atoms with E-state index in [1.807, 2.05) is 4.67 Å². The third-order valence-electron chi connectivity index (χ3n) is 0.574. The maximum absolute atomic E-state index is 3.62. The minimum atomic E-state index is 0. The summed E-state index contributed by atoms with van der Waals surface area (Å²) in [6, 6.07) is 0. The van der Waals surface area contributed by atoms with Gasteiger partial charge in [-0.05, 0) is 0 Å². The maximum atomic E-state index is 3.62. The van der Waals surface area contributed by atoms with Crippen molar-refractivity contribution in [2.45, 2.75) is 0 Å². The second kappa shape index (κ2) is 11.0. The van der Waals surface area contributed by atoms with Crippen LogP contribution < -0.4 is 0 Å². The van der Waals surface area contributed by atoms with Gasteiger partial charge in [-0.25, -0.2) is 0 Å². The van der Waals surface area contributed by atoms with Crippen LogP contribution in [0.25, 0.3) is 0 Å². The van der Waals surface area contributed by atoms with E-state index in [4.69, 9.17) is 0 Å². The molecule has 52 valence electrons. The fraction of sp³-hybridized carbons (Fsp3) is 0.400. The molecule has 0 saturated heterocycles. The summed E-state index contributed by atoms with van der Waals surface area (Å²) < 4.78 is 1.94. The van der Waals surface area contributed by atoms with Crippen LogP contribution in [-0.4, -0.2) is 17.8 Å². The van der Waals surface area contributed by atoms with E-state index >= 15 is 0 Å². The van der Waals surface area contributed by atoms with Crippen LogP contribution in [0.15, 0.2) is 0 Å². The first-order valence-electron chi connectivity index (χ1n) is 1.89. The quantitative estimate of drug-likeness (QED) is 0.547. The molecule has 0 heterocycles. The summed E-state index contributed by atoms with van der Waals surface area (Å²) in [5.74, 6) is 0. The van der Waals surface area contributed by atoms with E-state index in [1.54, 1.807) is 0 Å². The monoisotopic (exact) mass is 302 g/mol. The molecule has 0 aromatic carbocycles. The molecule has 0 aromatic heterocycles. The van der Waals surface area contributed by atoms with Crippen LogP contribution in [0.4, 0.5) is 0 Å². The van der Waals surface area contributed by atoms with Gasteiger partial charge in [-0.1, -0.05) is 9.39 Å². The van der Waals surface area contributed by atoms with Gasteiger partial charge in [0.25, 0.3) is 0 Å². The molecule has 0 spiro atoms. The van der Waals surface area contributed by atoms with Gasteiger partial charge in [-0.3, -0.25) is 0 Å². The van der Waals surface area contributed by atoms with E-state index < -0.39 is 0 Å². The smallest absolute Gasteiger partial charge is 0 e. The zero-order chi connectivity index (χ0) is 4.99. The molecule has 0 fully saturated rings. The summed E-state index contributed by atoms with van der Waals surface area (Å²) >= 11 is 0. The SMILES string of the molecule is [CH2-]CN(P)C[CH2-].[CH3-].[W]. The molecule has 0 aliphatic heterocycles. The summed E-state index contributed by atoms with van der Waals surface area (Å²) in [6.07, 6.45) is 0. The van der Waals surface area contributed by atoms with Crippen molar-refractivity contribution in [1.29, 1.82) is 0 Å². The van der Waals surface area contributed by atoms with Gasteiger partial charge in [-0.2, -0.15) is 0 Å². The van der Waals surface area contributed by atoms with E-state index in [9.17, 15) is 0 Å². The standard InChI is InChI=1S/C4H10NP.CH3.W/c1-3-5(6)4-2;;/h1-4,6H2;1H3;/q-2;-1;. The van der Waals surface area contributed by atoms with Crippen LogP contribution in [0.5, 0.6) is 0 Å². The Hall–Kier alpha value is 1.08. The second-order valence-electron chi connectivity index (χ2n) is 1.04. The van der Waals surface area contributed by atoms with Crippen molar-refractivity contribution in [1.82, 2.24) is 4.67 Å². The van der Waals surface area contributed by atoms with Gasteiger partial charge in [0, 0.05) is 21.1 Å². The van der Waals surface area contributed by atoms with Crippen LogP contribution in [0.3, 0.4) is 0 Å². The molecule has 0 radical (unpaired) electrons. The molecule has 0 saturated carbocycles. The van der Waals surface area contributed by atoms with Gasteiger partial charge in [0.05, 0.1) is 0 Å². The van der Waals surface area contributed by atoms with E-state index in [-0.39, 0.29) is 28.5 Å². The van der Waals surface area contributed by atoms with Crippen LogP contribution in [-0.2, 0) is 21.1 Å². The number of hydrogen-bond acceptors (Lipinski definition) is 1. The van der Waals surface area contributed by atoms with Gasteiger partial charge in [0.15, 0.2) is 0 Å². The molecule has 1 unspecified atom stereocenters. The molecule has 0 aliphatic rings. The molecular weight excluding hydrogens is 289 g/mol. The molecule has 0 aliphatic carbocycles. The fourth-order valence-corrected chi connectivity index (χ4v) is 0.112. The number of rotatable bonds is 2. The molecule has 0 rings (SSSR count).